The van der Waals surface area contributed by atoms with Crippen molar-refractivity contribution in [1.82, 2.24) is 10.0 Å². The first-order valence-electron chi connectivity index (χ1n) is 6.82. The molecule has 1 fully saturated rings. The molecule has 1 heterocycles. The van der Waals surface area contributed by atoms with Crippen LogP contribution in [0.1, 0.15) is 24.0 Å². The Bertz CT molecular complexity index is 578. The first-order valence-corrected chi connectivity index (χ1v) is 8.30. The molecule has 1 unspecified atom stereocenters. The number of aryl methyl sites for hydroxylation is 2. The van der Waals surface area contributed by atoms with Crippen LogP contribution in [0.15, 0.2) is 17.0 Å². The number of sulfonamides is 1. The highest BCUT2D eigenvalue weighted by molar-refractivity contribution is 7.89. The number of hydrogen-bond acceptors (Lipinski definition) is 4. The van der Waals surface area contributed by atoms with Gasteiger partial charge in [-0.3, -0.25) is 0 Å². The SMILES string of the molecule is COc1cc(C)cc(C)c1S(=O)(=O)NCC1CCCN1. The molecular formula is C14H22N2O3S. The first kappa shape index (κ1) is 15.3. The fourth-order valence-electron chi connectivity index (χ4n) is 2.62. The summed E-state index contributed by atoms with van der Waals surface area (Å²) in [6, 6.07) is 3.82. The normalized spacial score (nSPS) is 19.2. The molecule has 0 saturated carbocycles. The topological polar surface area (TPSA) is 67.4 Å². The first-order chi connectivity index (χ1) is 9.44. The van der Waals surface area contributed by atoms with E-state index in [-0.39, 0.29) is 10.9 Å². The molecule has 0 bridgehead atoms. The molecule has 5 nitrogen and oxygen atoms in total. The predicted octanol–water partition coefficient (Wildman–Crippen LogP) is 1.34. The van der Waals surface area contributed by atoms with Crippen LogP contribution in [0.25, 0.3) is 0 Å². The van der Waals surface area contributed by atoms with E-state index in [1.54, 1.807) is 13.0 Å². The van der Waals surface area contributed by atoms with E-state index in [1.165, 1.54) is 7.11 Å². The lowest BCUT2D eigenvalue weighted by molar-refractivity contribution is 0.401. The molecule has 0 amide bonds. The van der Waals surface area contributed by atoms with E-state index in [0.29, 0.717) is 17.9 Å². The van der Waals surface area contributed by atoms with E-state index in [2.05, 4.69) is 10.0 Å². The number of ether oxygens (including phenoxy) is 1. The van der Waals surface area contributed by atoms with Crippen molar-refractivity contribution >= 4 is 10.0 Å². The van der Waals surface area contributed by atoms with Crippen molar-refractivity contribution in [3.8, 4) is 5.75 Å². The van der Waals surface area contributed by atoms with Gasteiger partial charge in [0.2, 0.25) is 10.0 Å². The highest BCUT2D eigenvalue weighted by atomic mass is 32.2. The summed E-state index contributed by atoms with van der Waals surface area (Å²) in [6.45, 7) is 5.08. The lowest BCUT2D eigenvalue weighted by Crippen LogP contribution is -2.37. The van der Waals surface area contributed by atoms with Gasteiger partial charge in [0.1, 0.15) is 10.6 Å². The third-order valence-corrected chi connectivity index (χ3v) is 5.16. The standard InChI is InChI=1S/C14H22N2O3S/c1-10-7-11(2)14(13(8-10)19-3)20(17,18)16-9-12-5-4-6-15-12/h7-8,12,15-16H,4-6,9H2,1-3H3. The minimum absolute atomic E-state index is 0.224. The number of benzene rings is 1. The molecule has 1 aliphatic rings. The van der Waals surface area contributed by atoms with Crippen molar-refractivity contribution in [2.75, 3.05) is 20.2 Å². The molecular weight excluding hydrogens is 276 g/mol. The van der Waals surface area contributed by atoms with E-state index < -0.39 is 10.0 Å². The van der Waals surface area contributed by atoms with Gasteiger partial charge in [-0.2, -0.15) is 0 Å². The van der Waals surface area contributed by atoms with Crippen LogP contribution in [0.4, 0.5) is 0 Å². The van der Waals surface area contributed by atoms with Crippen molar-refractivity contribution < 1.29 is 13.2 Å². The Morgan fingerprint density at radius 3 is 2.75 bits per heavy atom. The number of hydrogen-bond donors (Lipinski definition) is 2. The van der Waals surface area contributed by atoms with Gasteiger partial charge in [0.25, 0.3) is 0 Å². The zero-order chi connectivity index (χ0) is 14.8. The average molecular weight is 298 g/mol. The van der Waals surface area contributed by atoms with Gasteiger partial charge < -0.3 is 10.1 Å². The van der Waals surface area contributed by atoms with Gasteiger partial charge in [0, 0.05) is 12.6 Å². The summed E-state index contributed by atoms with van der Waals surface area (Å²) in [7, 11) is -2.06. The Morgan fingerprint density at radius 2 is 2.15 bits per heavy atom. The second-order valence-electron chi connectivity index (χ2n) is 5.26. The second-order valence-corrected chi connectivity index (χ2v) is 6.96. The maximum absolute atomic E-state index is 12.5. The van der Waals surface area contributed by atoms with Crippen LogP contribution in [0.5, 0.6) is 5.75 Å². The molecule has 0 aromatic heterocycles. The van der Waals surface area contributed by atoms with Crippen LogP contribution in [-0.2, 0) is 10.0 Å². The molecule has 1 atom stereocenters. The van der Waals surface area contributed by atoms with Gasteiger partial charge >= 0.3 is 0 Å². The Kier molecular flexibility index (Phi) is 4.67. The molecule has 1 aromatic carbocycles. The van der Waals surface area contributed by atoms with Crippen LogP contribution in [-0.4, -0.2) is 34.7 Å². The highest BCUT2D eigenvalue weighted by Gasteiger charge is 2.24. The van der Waals surface area contributed by atoms with Gasteiger partial charge in [-0.1, -0.05) is 6.07 Å². The molecule has 2 rings (SSSR count). The Balaban J connectivity index is 2.24. The van der Waals surface area contributed by atoms with Gasteiger partial charge in [-0.25, -0.2) is 13.1 Å². The summed E-state index contributed by atoms with van der Waals surface area (Å²) < 4.78 is 32.9. The molecule has 0 aliphatic carbocycles. The molecule has 1 aliphatic heterocycles. The van der Waals surface area contributed by atoms with Gasteiger partial charge in [-0.05, 0) is 50.4 Å². The summed E-state index contributed by atoms with van der Waals surface area (Å²) in [6.07, 6.45) is 2.10. The Hall–Kier alpha value is -1.11. The smallest absolute Gasteiger partial charge is 0.244 e. The molecule has 1 aromatic rings. The van der Waals surface area contributed by atoms with Crippen molar-refractivity contribution in [3.05, 3.63) is 23.3 Å². The molecule has 20 heavy (non-hydrogen) atoms. The van der Waals surface area contributed by atoms with E-state index in [4.69, 9.17) is 4.74 Å². The number of nitrogens with one attached hydrogen (secondary N) is 2. The monoisotopic (exact) mass is 298 g/mol. The van der Waals surface area contributed by atoms with Gasteiger partial charge in [-0.15, -0.1) is 0 Å². The number of methoxy groups -OCH3 is 1. The number of rotatable bonds is 5. The Morgan fingerprint density at radius 1 is 1.40 bits per heavy atom. The van der Waals surface area contributed by atoms with E-state index in [9.17, 15) is 8.42 Å². The maximum Gasteiger partial charge on any atom is 0.244 e. The fourth-order valence-corrected chi connectivity index (χ4v) is 4.08. The Labute approximate surface area is 120 Å². The molecule has 0 spiro atoms. The fraction of sp³-hybridized carbons (Fsp3) is 0.571. The largest absolute Gasteiger partial charge is 0.495 e. The van der Waals surface area contributed by atoms with Crippen molar-refractivity contribution in [2.45, 2.75) is 37.6 Å². The maximum atomic E-state index is 12.5. The molecule has 0 radical (unpaired) electrons. The summed E-state index contributed by atoms with van der Waals surface area (Å²) >= 11 is 0. The third kappa shape index (κ3) is 3.31. The van der Waals surface area contributed by atoms with Crippen LogP contribution in [0.3, 0.4) is 0 Å². The lowest BCUT2D eigenvalue weighted by Gasteiger charge is -2.16. The van der Waals surface area contributed by atoms with Crippen molar-refractivity contribution in [2.24, 2.45) is 0 Å². The summed E-state index contributed by atoms with van der Waals surface area (Å²) in [5, 5.41) is 3.27. The van der Waals surface area contributed by atoms with Crippen LogP contribution < -0.4 is 14.8 Å². The third-order valence-electron chi connectivity index (χ3n) is 3.56. The molecule has 6 heteroatoms. The van der Waals surface area contributed by atoms with Crippen molar-refractivity contribution in [3.63, 3.8) is 0 Å². The van der Waals surface area contributed by atoms with Crippen LogP contribution in [0.2, 0.25) is 0 Å². The van der Waals surface area contributed by atoms with Gasteiger partial charge in [0.15, 0.2) is 0 Å². The summed E-state index contributed by atoms with van der Waals surface area (Å²) in [5.41, 5.74) is 1.68. The quantitative estimate of drug-likeness (QED) is 0.861. The van der Waals surface area contributed by atoms with Crippen LogP contribution in [0, 0.1) is 13.8 Å². The molecule has 2 N–H and O–H groups in total. The zero-order valence-corrected chi connectivity index (χ0v) is 13.0. The van der Waals surface area contributed by atoms with E-state index in [0.717, 1.165) is 24.9 Å². The summed E-state index contributed by atoms with van der Waals surface area (Å²) in [4.78, 5) is 0.239. The minimum Gasteiger partial charge on any atom is -0.495 e. The predicted molar refractivity (Wildman–Crippen MR) is 78.7 cm³/mol. The van der Waals surface area contributed by atoms with Crippen LogP contribution >= 0.6 is 0 Å². The lowest BCUT2D eigenvalue weighted by atomic mass is 10.1. The zero-order valence-electron chi connectivity index (χ0n) is 12.2. The second kappa shape index (κ2) is 6.11. The van der Waals surface area contributed by atoms with E-state index >= 15 is 0 Å². The average Bonchev–Trinajstić information content (AvgIpc) is 2.88. The molecule has 112 valence electrons. The van der Waals surface area contributed by atoms with E-state index in [1.807, 2.05) is 13.0 Å². The van der Waals surface area contributed by atoms with Gasteiger partial charge in [0.05, 0.1) is 7.11 Å². The highest BCUT2D eigenvalue weighted by Crippen LogP contribution is 2.28. The molecule has 1 saturated heterocycles. The summed E-state index contributed by atoms with van der Waals surface area (Å²) in [5.74, 6) is 0.398. The minimum atomic E-state index is -3.55. The van der Waals surface area contributed by atoms with Crippen molar-refractivity contribution in [1.29, 1.82) is 0 Å².